The van der Waals surface area contributed by atoms with Gasteiger partial charge in [0.25, 0.3) is 6.33 Å². The highest BCUT2D eigenvalue weighted by Gasteiger charge is 2.27. The Bertz CT molecular complexity index is 1580. The molecule has 0 amide bonds. The van der Waals surface area contributed by atoms with Crippen molar-refractivity contribution in [2.24, 2.45) is 12.5 Å². The lowest BCUT2D eigenvalue weighted by Gasteiger charge is -2.18. The normalized spacial score (nSPS) is 12.4. The van der Waals surface area contributed by atoms with Crippen LogP contribution in [0.15, 0.2) is 47.1 Å². The maximum absolute atomic E-state index is 15.5. The Balaban J connectivity index is 1.88. The van der Waals surface area contributed by atoms with Crippen molar-refractivity contribution in [1.29, 1.82) is 0 Å². The number of furan rings is 1. The molecule has 5 aromatic rings. The molecule has 0 radical (unpaired) electrons. The van der Waals surface area contributed by atoms with Crippen molar-refractivity contribution in [3.05, 3.63) is 71.1 Å². The minimum absolute atomic E-state index is 0.163. The fourth-order valence-electron chi connectivity index (χ4n) is 4.77. The predicted octanol–water partition coefficient (Wildman–Crippen LogP) is 7.11. The first-order valence-corrected chi connectivity index (χ1v) is 11.1. The van der Waals surface area contributed by atoms with Crippen LogP contribution in [-0.4, -0.2) is 4.98 Å². The van der Waals surface area contributed by atoms with Crippen LogP contribution >= 0.6 is 0 Å². The highest BCUT2D eigenvalue weighted by molar-refractivity contribution is 6.12. The minimum atomic E-state index is -0.414. The van der Waals surface area contributed by atoms with Crippen molar-refractivity contribution >= 4 is 32.8 Å². The van der Waals surface area contributed by atoms with E-state index in [0.29, 0.717) is 27.5 Å². The highest BCUT2D eigenvalue weighted by Crippen LogP contribution is 2.42. The van der Waals surface area contributed by atoms with Crippen molar-refractivity contribution < 1.29 is 17.8 Å². The Morgan fingerprint density at radius 3 is 2.42 bits per heavy atom. The maximum atomic E-state index is 15.5. The molecule has 5 rings (SSSR count). The third kappa shape index (κ3) is 3.47. The summed E-state index contributed by atoms with van der Waals surface area (Å²) in [6.07, 6.45) is 2.72. The fourth-order valence-corrected chi connectivity index (χ4v) is 4.77. The number of halogens is 2. The van der Waals surface area contributed by atoms with Gasteiger partial charge in [-0.05, 0) is 71.6 Å². The first-order chi connectivity index (χ1) is 15.5. The summed E-state index contributed by atoms with van der Waals surface area (Å²) in [7, 11) is 1.93. The largest absolute Gasteiger partial charge is 0.455 e. The van der Waals surface area contributed by atoms with Crippen LogP contribution in [0, 0.1) is 30.9 Å². The smallest absolute Gasteiger partial charge is 0.287 e. The molecule has 168 valence electrons. The van der Waals surface area contributed by atoms with E-state index in [-0.39, 0.29) is 11.2 Å². The van der Waals surface area contributed by atoms with E-state index in [2.05, 4.69) is 44.0 Å². The topological polar surface area (TPSA) is 29.9 Å². The summed E-state index contributed by atoms with van der Waals surface area (Å²) in [6, 6.07) is 10.6. The van der Waals surface area contributed by atoms with E-state index in [1.807, 2.05) is 18.5 Å². The number of rotatable bonds is 2. The average molecular weight is 446 g/mol. The molecule has 0 N–H and O–H groups in total. The minimum Gasteiger partial charge on any atom is -0.455 e. The number of hydrogen-bond donors (Lipinski definition) is 0. The van der Waals surface area contributed by atoms with Gasteiger partial charge in [0, 0.05) is 11.5 Å². The third-order valence-electron chi connectivity index (χ3n) is 6.38. The summed E-state index contributed by atoms with van der Waals surface area (Å²) in [5.74, 6) is -0.742. The zero-order valence-electron chi connectivity index (χ0n) is 19.8. The Morgan fingerprint density at radius 2 is 1.70 bits per heavy atom. The quantitative estimate of drug-likeness (QED) is 0.271. The molecule has 0 aliphatic carbocycles. The lowest BCUT2D eigenvalue weighted by molar-refractivity contribution is -0.662. The van der Waals surface area contributed by atoms with Crippen LogP contribution in [0.4, 0.5) is 8.78 Å². The molecule has 0 saturated heterocycles. The van der Waals surface area contributed by atoms with Crippen LogP contribution in [0.3, 0.4) is 0 Å². The van der Waals surface area contributed by atoms with Crippen molar-refractivity contribution in [2.75, 3.05) is 0 Å². The van der Waals surface area contributed by atoms with Gasteiger partial charge in [-0.1, -0.05) is 26.8 Å². The summed E-state index contributed by atoms with van der Waals surface area (Å²) in [4.78, 5) is 4.67. The van der Waals surface area contributed by atoms with Crippen molar-refractivity contribution in [1.82, 2.24) is 4.98 Å². The lowest BCUT2D eigenvalue weighted by Crippen LogP contribution is -2.32. The first kappa shape index (κ1) is 21.5. The van der Waals surface area contributed by atoms with E-state index in [0.717, 1.165) is 34.1 Å². The number of aromatic nitrogens is 2. The molecular weight excluding hydrogens is 418 g/mol. The first-order valence-electron chi connectivity index (χ1n) is 11.1. The number of fused-ring (bicyclic) bond motifs is 4. The zero-order chi connectivity index (χ0) is 23.7. The molecular formula is C28H27F2N2O+. The molecule has 0 saturated carbocycles. The lowest BCUT2D eigenvalue weighted by atomic mass is 9.87. The molecule has 0 fully saturated rings. The van der Waals surface area contributed by atoms with Gasteiger partial charge in [-0.15, -0.1) is 0 Å². The SMILES string of the molecule is Cc1c(C)c(F)c2c(oc3cc(F)ccc32)c1-c1c2ccc(CC(C)(C)C)cc2nc[n+]1C. The number of nitrogens with zero attached hydrogens (tertiary/aromatic N) is 2. The molecule has 33 heavy (non-hydrogen) atoms. The van der Waals surface area contributed by atoms with Crippen LogP contribution in [0.1, 0.15) is 37.5 Å². The highest BCUT2D eigenvalue weighted by atomic mass is 19.1. The third-order valence-corrected chi connectivity index (χ3v) is 6.38. The Labute approximate surface area is 191 Å². The van der Waals surface area contributed by atoms with Crippen molar-refractivity contribution in [3.8, 4) is 11.3 Å². The number of aryl methyl sites for hydroxylation is 1. The van der Waals surface area contributed by atoms with E-state index >= 15 is 4.39 Å². The second-order valence-electron chi connectivity index (χ2n) is 10.2. The predicted molar refractivity (Wildman–Crippen MR) is 128 cm³/mol. The number of hydrogen-bond acceptors (Lipinski definition) is 2. The summed E-state index contributed by atoms with van der Waals surface area (Å²) in [6.45, 7) is 10.3. The van der Waals surface area contributed by atoms with E-state index in [1.165, 1.54) is 17.7 Å². The van der Waals surface area contributed by atoms with Gasteiger partial charge in [0.05, 0.1) is 23.4 Å². The molecule has 0 unspecified atom stereocenters. The molecule has 0 spiro atoms. The van der Waals surface area contributed by atoms with Crippen molar-refractivity contribution in [3.63, 3.8) is 0 Å². The zero-order valence-corrected chi connectivity index (χ0v) is 19.8. The molecule has 5 heteroatoms. The van der Waals surface area contributed by atoms with Gasteiger partial charge in [0.1, 0.15) is 28.5 Å². The molecule has 2 aromatic heterocycles. The molecule has 0 aliphatic rings. The van der Waals surface area contributed by atoms with E-state index in [4.69, 9.17) is 4.42 Å². The average Bonchev–Trinajstić information content (AvgIpc) is 3.10. The Morgan fingerprint density at radius 1 is 0.970 bits per heavy atom. The molecule has 0 atom stereocenters. The second kappa shape index (κ2) is 7.34. The van der Waals surface area contributed by atoms with Gasteiger partial charge in [-0.3, -0.25) is 0 Å². The fraction of sp³-hybridized carbons (Fsp3) is 0.286. The van der Waals surface area contributed by atoms with Gasteiger partial charge in [0.2, 0.25) is 0 Å². The molecule has 3 aromatic carbocycles. The molecule has 3 nitrogen and oxygen atoms in total. The van der Waals surface area contributed by atoms with Crippen LogP contribution < -0.4 is 4.57 Å². The van der Waals surface area contributed by atoms with Crippen LogP contribution in [-0.2, 0) is 13.5 Å². The second-order valence-corrected chi connectivity index (χ2v) is 10.2. The van der Waals surface area contributed by atoms with Crippen LogP contribution in [0.5, 0.6) is 0 Å². The molecule has 0 bridgehead atoms. The maximum Gasteiger partial charge on any atom is 0.287 e. The number of benzene rings is 3. The van der Waals surface area contributed by atoms with E-state index in [1.54, 1.807) is 19.3 Å². The van der Waals surface area contributed by atoms with Gasteiger partial charge in [-0.25, -0.2) is 13.3 Å². The Hall–Kier alpha value is -3.34. The van der Waals surface area contributed by atoms with Crippen molar-refractivity contribution in [2.45, 2.75) is 41.0 Å². The summed E-state index contributed by atoms with van der Waals surface area (Å²) < 4.78 is 37.4. The Kier molecular flexibility index (Phi) is 4.78. The van der Waals surface area contributed by atoms with E-state index in [9.17, 15) is 4.39 Å². The monoisotopic (exact) mass is 445 g/mol. The molecule has 0 aliphatic heterocycles. The summed E-state index contributed by atoms with van der Waals surface area (Å²) >= 11 is 0. The van der Waals surface area contributed by atoms with Crippen LogP contribution in [0.25, 0.3) is 44.1 Å². The van der Waals surface area contributed by atoms with Gasteiger partial charge in [0.15, 0.2) is 5.52 Å². The summed E-state index contributed by atoms with van der Waals surface area (Å²) in [5.41, 5.74) is 6.07. The van der Waals surface area contributed by atoms with E-state index < -0.39 is 5.82 Å². The van der Waals surface area contributed by atoms with Gasteiger partial charge >= 0.3 is 0 Å². The van der Waals surface area contributed by atoms with Crippen LogP contribution in [0.2, 0.25) is 0 Å². The summed E-state index contributed by atoms with van der Waals surface area (Å²) in [5, 5.41) is 1.92. The van der Waals surface area contributed by atoms with Gasteiger partial charge < -0.3 is 4.42 Å². The molecule has 2 heterocycles. The standard InChI is InChI=1S/C28H27F2N2O/c1-15-16(2)25(30)24-20-10-8-18(29)12-22(20)33-27(24)23(15)26-19-9-7-17(13-28(3,4)5)11-21(19)31-14-32(26)6/h7-12,14H,13H2,1-6H3/q+1. The van der Waals surface area contributed by atoms with Gasteiger partial charge in [-0.2, -0.15) is 0 Å².